The highest BCUT2D eigenvalue weighted by Crippen LogP contribution is 2.28. The number of benzene rings is 1. The Morgan fingerprint density at radius 3 is 2.58 bits per heavy atom. The summed E-state index contributed by atoms with van der Waals surface area (Å²) in [7, 11) is 1.67. The minimum atomic E-state index is 0.149. The Balaban J connectivity index is 2.63. The summed E-state index contributed by atoms with van der Waals surface area (Å²) >= 11 is 0. The van der Waals surface area contributed by atoms with Crippen LogP contribution in [-0.4, -0.2) is 19.8 Å². The second-order valence-corrected chi connectivity index (χ2v) is 5.06. The second-order valence-electron chi connectivity index (χ2n) is 5.06. The fraction of sp³-hybridized carbons (Fsp3) is 0.500. The van der Waals surface area contributed by atoms with Gasteiger partial charge in [0.2, 0.25) is 0 Å². The van der Waals surface area contributed by atoms with Crippen molar-refractivity contribution in [3.05, 3.63) is 35.4 Å². The maximum atomic E-state index is 5.69. The van der Waals surface area contributed by atoms with Gasteiger partial charge >= 0.3 is 0 Å². The zero-order chi connectivity index (χ0) is 14.3. The van der Waals surface area contributed by atoms with Crippen LogP contribution >= 0.6 is 0 Å². The molecular weight excluding hydrogens is 238 g/mol. The maximum Gasteiger partial charge on any atom is 0.161 e. The van der Waals surface area contributed by atoms with Gasteiger partial charge in [-0.2, -0.15) is 0 Å². The normalized spacial score (nSPS) is 10.4. The van der Waals surface area contributed by atoms with E-state index in [1.165, 1.54) is 11.1 Å². The molecular formula is C16H25NO2. The minimum Gasteiger partial charge on any atom is -0.493 e. The molecule has 19 heavy (non-hydrogen) atoms. The van der Waals surface area contributed by atoms with Crippen LogP contribution in [0.3, 0.4) is 0 Å². The first-order valence-corrected chi connectivity index (χ1v) is 6.70. The lowest BCUT2D eigenvalue weighted by Crippen LogP contribution is -2.13. The maximum absolute atomic E-state index is 5.69. The Morgan fingerprint density at radius 2 is 2.00 bits per heavy atom. The summed E-state index contributed by atoms with van der Waals surface area (Å²) in [5.41, 5.74) is 2.51. The van der Waals surface area contributed by atoms with Crippen LogP contribution in [0.5, 0.6) is 11.5 Å². The van der Waals surface area contributed by atoms with Gasteiger partial charge < -0.3 is 14.8 Å². The van der Waals surface area contributed by atoms with E-state index in [0.717, 1.165) is 24.6 Å². The van der Waals surface area contributed by atoms with E-state index in [-0.39, 0.29) is 6.10 Å². The molecule has 3 nitrogen and oxygen atoms in total. The van der Waals surface area contributed by atoms with Gasteiger partial charge in [-0.15, -0.1) is 0 Å². The van der Waals surface area contributed by atoms with Gasteiger partial charge in [-0.1, -0.05) is 17.7 Å². The molecule has 0 aliphatic rings. The molecule has 1 rings (SSSR count). The Kier molecular flexibility index (Phi) is 6.43. The Hall–Kier alpha value is -1.48. The van der Waals surface area contributed by atoms with E-state index < -0.39 is 0 Å². The van der Waals surface area contributed by atoms with Crippen LogP contribution in [0, 0.1) is 0 Å². The average molecular weight is 263 g/mol. The van der Waals surface area contributed by atoms with Crippen molar-refractivity contribution in [2.24, 2.45) is 0 Å². The van der Waals surface area contributed by atoms with E-state index in [2.05, 4.69) is 31.3 Å². The third-order valence-electron chi connectivity index (χ3n) is 2.57. The lowest BCUT2D eigenvalue weighted by molar-refractivity contribution is 0.230. The molecule has 1 N–H and O–H groups in total. The highest BCUT2D eigenvalue weighted by atomic mass is 16.5. The Morgan fingerprint density at radius 1 is 1.26 bits per heavy atom. The molecule has 0 radical (unpaired) electrons. The number of hydrogen-bond acceptors (Lipinski definition) is 3. The molecule has 0 bridgehead atoms. The quantitative estimate of drug-likeness (QED) is 0.603. The summed E-state index contributed by atoms with van der Waals surface area (Å²) in [5.74, 6) is 1.58. The molecule has 0 saturated carbocycles. The molecule has 0 aliphatic heterocycles. The standard InChI is InChI=1S/C16H25NO2/c1-12(2)8-9-17-11-14-6-7-15(19-13(3)4)16(10-14)18-5/h6-8,10,13,17H,9,11H2,1-5H3. The molecule has 0 aromatic heterocycles. The van der Waals surface area contributed by atoms with Crippen LogP contribution in [0.2, 0.25) is 0 Å². The van der Waals surface area contributed by atoms with Gasteiger partial charge in [0.15, 0.2) is 11.5 Å². The van der Waals surface area contributed by atoms with Crippen molar-refractivity contribution in [2.45, 2.75) is 40.3 Å². The highest BCUT2D eigenvalue weighted by molar-refractivity contribution is 5.43. The Bertz CT molecular complexity index is 421. The number of hydrogen-bond donors (Lipinski definition) is 1. The first-order chi connectivity index (χ1) is 9.02. The third kappa shape index (κ3) is 5.79. The fourth-order valence-corrected chi connectivity index (χ4v) is 1.67. The largest absolute Gasteiger partial charge is 0.493 e. The molecule has 0 fully saturated rings. The molecule has 0 spiro atoms. The van der Waals surface area contributed by atoms with Crippen LogP contribution in [-0.2, 0) is 6.54 Å². The van der Waals surface area contributed by atoms with Crippen LogP contribution in [0.15, 0.2) is 29.8 Å². The van der Waals surface area contributed by atoms with Gasteiger partial charge in [0.1, 0.15) is 0 Å². The van der Waals surface area contributed by atoms with Crippen molar-refractivity contribution in [1.82, 2.24) is 5.32 Å². The van der Waals surface area contributed by atoms with Crippen molar-refractivity contribution >= 4 is 0 Å². The van der Waals surface area contributed by atoms with Crippen molar-refractivity contribution in [3.63, 3.8) is 0 Å². The zero-order valence-electron chi connectivity index (χ0n) is 12.6. The summed E-state index contributed by atoms with van der Waals surface area (Å²) in [5, 5.41) is 3.37. The second kappa shape index (κ2) is 7.85. The smallest absolute Gasteiger partial charge is 0.161 e. The molecule has 1 aromatic carbocycles. The van der Waals surface area contributed by atoms with Gasteiger partial charge in [0.05, 0.1) is 13.2 Å². The third-order valence-corrected chi connectivity index (χ3v) is 2.57. The minimum absolute atomic E-state index is 0.149. The summed E-state index contributed by atoms with van der Waals surface area (Å²) in [6.07, 6.45) is 2.32. The molecule has 1 aromatic rings. The van der Waals surface area contributed by atoms with Gasteiger partial charge in [-0.25, -0.2) is 0 Å². The van der Waals surface area contributed by atoms with Crippen LogP contribution < -0.4 is 14.8 Å². The number of ether oxygens (including phenoxy) is 2. The highest BCUT2D eigenvalue weighted by Gasteiger charge is 2.07. The van der Waals surface area contributed by atoms with E-state index in [4.69, 9.17) is 9.47 Å². The SMILES string of the molecule is COc1cc(CNCC=C(C)C)ccc1OC(C)C. The van der Waals surface area contributed by atoms with E-state index in [0.29, 0.717) is 0 Å². The lowest BCUT2D eigenvalue weighted by atomic mass is 10.2. The first kappa shape index (κ1) is 15.6. The molecule has 3 heteroatoms. The number of allylic oxidation sites excluding steroid dienone is 1. The molecule has 0 atom stereocenters. The summed E-state index contributed by atoms with van der Waals surface area (Å²) in [6, 6.07) is 6.06. The van der Waals surface area contributed by atoms with Gasteiger partial charge in [-0.3, -0.25) is 0 Å². The summed E-state index contributed by atoms with van der Waals surface area (Å²) in [6.45, 7) is 9.92. The average Bonchev–Trinajstić information content (AvgIpc) is 2.35. The lowest BCUT2D eigenvalue weighted by Gasteiger charge is -2.14. The molecule has 0 heterocycles. The fourth-order valence-electron chi connectivity index (χ4n) is 1.67. The van der Waals surface area contributed by atoms with Gasteiger partial charge in [-0.05, 0) is 45.4 Å². The summed E-state index contributed by atoms with van der Waals surface area (Å²) < 4.78 is 11.1. The number of rotatable bonds is 7. The van der Waals surface area contributed by atoms with E-state index >= 15 is 0 Å². The van der Waals surface area contributed by atoms with E-state index in [1.54, 1.807) is 7.11 Å². The first-order valence-electron chi connectivity index (χ1n) is 6.70. The van der Waals surface area contributed by atoms with E-state index in [1.807, 2.05) is 26.0 Å². The zero-order valence-corrected chi connectivity index (χ0v) is 12.6. The number of nitrogens with one attached hydrogen (secondary N) is 1. The van der Waals surface area contributed by atoms with Crippen molar-refractivity contribution in [3.8, 4) is 11.5 Å². The topological polar surface area (TPSA) is 30.5 Å². The number of methoxy groups -OCH3 is 1. The van der Waals surface area contributed by atoms with Crippen LogP contribution in [0.1, 0.15) is 33.3 Å². The molecule has 0 unspecified atom stereocenters. The molecule has 0 amide bonds. The predicted molar refractivity (Wildman–Crippen MR) is 79.9 cm³/mol. The van der Waals surface area contributed by atoms with Gasteiger partial charge in [0.25, 0.3) is 0 Å². The Labute approximate surface area is 116 Å². The molecule has 106 valence electrons. The van der Waals surface area contributed by atoms with Crippen molar-refractivity contribution in [2.75, 3.05) is 13.7 Å². The van der Waals surface area contributed by atoms with Crippen LogP contribution in [0.4, 0.5) is 0 Å². The van der Waals surface area contributed by atoms with Crippen molar-refractivity contribution in [1.29, 1.82) is 0 Å². The van der Waals surface area contributed by atoms with Crippen LogP contribution in [0.25, 0.3) is 0 Å². The summed E-state index contributed by atoms with van der Waals surface area (Å²) in [4.78, 5) is 0. The molecule has 0 saturated heterocycles. The van der Waals surface area contributed by atoms with E-state index in [9.17, 15) is 0 Å². The monoisotopic (exact) mass is 263 g/mol. The molecule has 0 aliphatic carbocycles. The van der Waals surface area contributed by atoms with Crippen molar-refractivity contribution < 1.29 is 9.47 Å². The van der Waals surface area contributed by atoms with Gasteiger partial charge in [0, 0.05) is 13.1 Å². The predicted octanol–water partition coefficient (Wildman–Crippen LogP) is 3.54.